The van der Waals surface area contributed by atoms with Crippen LogP contribution in [-0.2, 0) is 11.0 Å². The van der Waals surface area contributed by atoms with Gasteiger partial charge < -0.3 is 4.74 Å². The zero-order chi connectivity index (χ0) is 12.5. The van der Waals surface area contributed by atoms with E-state index >= 15 is 0 Å². The number of benzene rings is 1. The van der Waals surface area contributed by atoms with Crippen LogP contribution in [0.2, 0.25) is 0 Å². The van der Waals surface area contributed by atoms with Crippen molar-refractivity contribution < 1.29 is 22.7 Å². The number of carbonyl (C=O) groups excluding carboxylic acids is 1. The predicted molar refractivity (Wildman–Crippen MR) is 54.7 cm³/mol. The molecule has 0 saturated heterocycles. The predicted octanol–water partition coefficient (Wildman–Crippen LogP) is 3.06. The van der Waals surface area contributed by atoms with Crippen molar-refractivity contribution in [2.75, 3.05) is 6.61 Å². The quantitative estimate of drug-likeness (QED) is 0.813. The molecule has 0 bridgehead atoms. The molecule has 2 nitrogen and oxygen atoms in total. The lowest BCUT2D eigenvalue weighted by molar-refractivity contribution is -0.139. The number of hydrogen-bond acceptors (Lipinski definition) is 2. The molecule has 1 aliphatic rings. The van der Waals surface area contributed by atoms with Crippen molar-refractivity contribution in [2.45, 2.75) is 19.0 Å². The summed E-state index contributed by atoms with van der Waals surface area (Å²) >= 11 is 0. The first-order valence-electron chi connectivity index (χ1n) is 5.30. The molecule has 1 fully saturated rings. The van der Waals surface area contributed by atoms with E-state index < -0.39 is 11.7 Å². The van der Waals surface area contributed by atoms with E-state index in [1.807, 2.05) is 0 Å². The highest BCUT2D eigenvalue weighted by Crippen LogP contribution is 2.36. The maximum atomic E-state index is 12.6. The summed E-state index contributed by atoms with van der Waals surface area (Å²) in [7, 11) is 0. The number of ether oxygens (including phenoxy) is 1. The number of carbonyl (C=O) groups is 1. The Morgan fingerprint density at radius 1 is 1.29 bits per heavy atom. The van der Waals surface area contributed by atoms with Crippen LogP contribution in [0.3, 0.4) is 0 Å². The fourth-order valence-electron chi connectivity index (χ4n) is 1.50. The second kappa shape index (κ2) is 4.39. The second-order valence-corrected chi connectivity index (χ2v) is 4.02. The molecular weight excluding hydrogens is 233 g/mol. The van der Waals surface area contributed by atoms with Crippen molar-refractivity contribution in [3.8, 4) is 5.75 Å². The minimum absolute atomic E-state index is 0.00644. The molecule has 0 amide bonds. The van der Waals surface area contributed by atoms with Gasteiger partial charge in [0.1, 0.15) is 12.4 Å². The van der Waals surface area contributed by atoms with Crippen molar-refractivity contribution in [1.82, 2.24) is 0 Å². The van der Waals surface area contributed by atoms with Gasteiger partial charge in [-0.25, -0.2) is 0 Å². The molecule has 92 valence electrons. The standard InChI is InChI=1S/C12H11F3O2/c13-12(14,15)9-3-1-2-4-11(9)17-7-10(16)8-5-6-8/h1-4,8H,5-7H2. The summed E-state index contributed by atoms with van der Waals surface area (Å²) in [6.07, 6.45) is -2.81. The Morgan fingerprint density at radius 2 is 1.94 bits per heavy atom. The zero-order valence-electron chi connectivity index (χ0n) is 8.96. The van der Waals surface area contributed by atoms with Gasteiger partial charge in [0.15, 0.2) is 5.78 Å². The number of ketones is 1. The van der Waals surface area contributed by atoms with Gasteiger partial charge in [-0.05, 0) is 25.0 Å². The lowest BCUT2D eigenvalue weighted by Crippen LogP contribution is -2.15. The van der Waals surface area contributed by atoms with E-state index in [-0.39, 0.29) is 24.1 Å². The molecule has 1 aliphatic carbocycles. The average Bonchev–Trinajstić information content (AvgIpc) is 3.08. The van der Waals surface area contributed by atoms with Gasteiger partial charge in [-0.2, -0.15) is 13.2 Å². The zero-order valence-corrected chi connectivity index (χ0v) is 8.96. The lowest BCUT2D eigenvalue weighted by Gasteiger charge is -2.12. The van der Waals surface area contributed by atoms with E-state index in [0.717, 1.165) is 18.9 Å². The van der Waals surface area contributed by atoms with E-state index in [2.05, 4.69) is 0 Å². The van der Waals surface area contributed by atoms with Crippen LogP contribution in [0, 0.1) is 5.92 Å². The fraction of sp³-hybridized carbons (Fsp3) is 0.417. The summed E-state index contributed by atoms with van der Waals surface area (Å²) in [5, 5.41) is 0. The van der Waals surface area contributed by atoms with Crippen LogP contribution >= 0.6 is 0 Å². The summed E-state index contributed by atoms with van der Waals surface area (Å²) in [4.78, 5) is 11.3. The van der Waals surface area contributed by atoms with Crippen LogP contribution < -0.4 is 4.74 Å². The normalized spacial score (nSPS) is 15.7. The third-order valence-corrected chi connectivity index (χ3v) is 2.60. The highest BCUT2D eigenvalue weighted by atomic mass is 19.4. The van der Waals surface area contributed by atoms with Gasteiger partial charge in [-0.3, -0.25) is 4.79 Å². The van der Waals surface area contributed by atoms with Gasteiger partial charge in [0.25, 0.3) is 0 Å². The molecular formula is C12H11F3O2. The van der Waals surface area contributed by atoms with E-state index in [9.17, 15) is 18.0 Å². The van der Waals surface area contributed by atoms with Gasteiger partial charge in [0.2, 0.25) is 0 Å². The molecule has 5 heteroatoms. The van der Waals surface area contributed by atoms with Crippen molar-refractivity contribution in [2.24, 2.45) is 5.92 Å². The number of rotatable bonds is 4. The Morgan fingerprint density at radius 3 is 2.53 bits per heavy atom. The molecule has 0 aromatic heterocycles. The van der Waals surface area contributed by atoms with Crippen LogP contribution in [0.15, 0.2) is 24.3 Å². The minimum Gasteiger partial charge on any atom is -0.485 e. The Balaban J connectivity index is 2.06. The molecule has 1 saturated carbocycles. The maximum Gasteiger partial charge on any atom is 0.419 e. The Labute approximate surface area is 96.4 Å². The van der Waals surface area contributed by atoms with E-state index in [1.54, 1.807) is 0 Å². The largest absolute Gasteiger partial charge is 0.485 e. The second-order valence-electron chi connectivity index (χ2n) is 4.02. The van der Waals surface area contributed by atoms with Gasteiger partial charge in [0.05, 0.1) is 5.56 Å². The van der Waals surface area contributed by atoms with Crippen LogP contribution in [0.1, 0.15) is 18.4 Å². The van der Waals surface area contributed by atoms with Crippen LogP contribution in [-0.4, -0.2) is 12.4 Å². The highest BCUT2D eigenvalue weighted by Gasteiger charge is 2.35. The molecule has 0 unspecified atom stereocenters. The third kappa shape index (κ3) is 2.99. The first-order chi connectivity index (χ1) is 7.98. The summed E-state index contributed by atoms with van der Waals surface area (Å²) in [6.45, 7) is -0.280. The van der Waals surface area contributed by atoms with Crippen LogP contribution in [0.4, 0.5) is 13.2 Å². The summed E-state index contributed by atoms with van der Waals surface area (Å²) in [5.74, 6) is -0.413. The third-order valence-electron chi connectivity index (χ3n) is 2.60. The van der Waals surface area contributed by atoms with Crippen molar-refractivity contribution >= 4 is 5.78 Å². The number of hydrogen-bond donors (Lipinski definition) is 0. The van der Waals surface area contributed by atoms with E-state index in [4.69, 9.17) is 4.74 Å². The average molecular weight is 244 g/mol. The van der Waals surface area contributed by atoms with Gasteiger partial charge in [-0.1, -0.05) is 12.1 Å². The molecule has 1 aromatic rings. The monoisotopic (exact) mass is 244 g/mol. The van der Waals surface area contributed by atoms with Crippen LogP contribution in [0.5, 0.6) is 5.75 Å². The molecule has 0 radical (unpaired) electrons. The SMILES string of the molecule is O=C(COc1ccccc1C(F)(F)F)C1CC1. The molecule has 0 N–H and O–H groups in total. The first-order valence-corrected chi connectivity index (χ1v) is 5.30. The first kappa shape index (κ1) is 12.0. The van der Waals surface area contributed by atoms with Crippen molar-refractivity contribution in [3.63, 3.8) is 0 Å². The summed E-state index contributed by atoms with van der Waals surface area (Å²) in [6, 6.07) is 4.91. The molecule has 2 rings (SSSR count). The Bertz CT molecular complexity index is 422. The molecule has 1 aromatic carbocycles. The van der Waals surface area contributed by atoms with E-state index in [1.165, 1.54) is 18.2 Å². The number of alkyl halides is 3. The van der Waals surface area contributed by atoms with Crippen LogP contribution in [0.25, 0.3) is 0 Å². The van der Waals surface area contributed by atoms with Crippen molar-refractivity contribution in [3.05, 3.63) is 29.8 Å². The summed E-state index contributed by atoms with van der Waals surface area (Å²) in [5.41, 5.74) is -0.844. The minimum atomic E-state index is -4.46. The van der Waals surface area contributed by atoms with Crippen molar-refractivity contribution in [1.29, 1.82) is 0 Å². The Hall–Kier alpha value is -1.52. The topological polar surface area (TPSA) is 26.3 Å². The maximum absolute atomic E-state index is 12.6. The molecule has 0 spiro atoms. The number of halogens is 3. The van der Waals surface area contributed by atoms with Gasteiger partial charge >= 0.3 is 6.18 Å². The summed E-state index contributed by atoms with van der Waals surface area (Å²) < 4.78 is 42.7. The smallest absolute Gasteiger partial charge is 0.419 e. The number of Topliss-reactive ketones (excluding diaryl/α,β-unsaturated/α-hetero) is 1. The molecule has 0 heterocycles. The van der Waals surface area contributed by atoms with Gasteiger partial charge in [-0.15, -0.1) is 0 Å². The molecule has 0 aliphatic heterocycles. The van der Waals surface area contributed by atoms with E-state index in [0.29, 0.717) is 0 Å². The molecule has 0 atom stereocenters. The Kier molecular flexibility index (Phi) is 3.09. The fourth-order valence-corrected chi connectivity index (χ4v) is 1.50. The van der Waals surface area contributed by atoms with Gasteiger partial charge in [0, 0.05) is 5.92 Å². The number of para-hydroxylation sites is 1. The lowest BCUT2D eigenvalue weighted by atomic mass is 10.2. The highest BCUT2D eigenvalue weighted by molar-refractivity contribution is 5.84. The molecule has 17 heavy (non-hydrogen) atoms.